The van der Waals surface area contributed by atoms with E-state index >= 15 is 0 Å². The fraction of sp³-hybridized carbons (Fsp3) is 0.857. The SMILES string of the molecule is CCC(C)(CCO)NC(=O)C1CCCCC1C(=O)O. The summed E-state index contributed by atoms with van der Waals surface area (Å²) in [6, 6.07) is 0. The van der Waals surface area contributed by atoms with Gasteiger partial charge in [-0.25, -0.2) is 0 Å². The summed E-state index contributed by atoms with van der Waals surface area (Å²) in [5.74, 6) is -2.05. The number of aliphatic carboxylic acids is 1. The molecule has 0 saturated heterocycles. The second-order valence-corrected chi connectivity index (χ2v) is 5.71. The van der Waals surface area contributed by atoms with E-state index in [9.17, 15) is 14.7 Å². The zero-order valence-corrected chi connectivity index (χ0v) is 11.8. The number of amides is 1. The third kappa shape index (κ3) is 4.20. The molecule has 1 fully saturated rings. The maximum absolute atomic E-state index is 12.3. The van der Waals surface area contributed by atoms with Crippen molar-refractivity contribution in [2.75, 3.05) is 6.61 Å². The molecule has 0 aromatic rings. The minimum Gasteiger partial charge on any atom is -0.481 e. The highest BCUT2D eigenvalue weighted by Gasteiger charge is 2.37. The molecular formula is C14H25NO4. The van der Waals surface area contributed by atoms with Gasteiger partial charge in [-0.1, -0.05) is 19.8 Å². The Balaban J connectivity index is 2.71. The van der Waals surface area contributed by atoms with Crippen molar-refractivity contribution >= 4 is 11.9 Å². The fourth-order valence-electron chi connectivity index (χ4n) is 2.70. The minimum absolute atomic E-state index is 0.0116. The average molecular weight is 271 g/mol. The highest BCUT2D eigenvalue weighted by atomic mass is 16.4. The quantitative estimate of drug-likeness (QED) is 0.684. The van der Waals surface area contributed by atoms with Crippen LogP contribution in [0.3, 0.4) is 0 Å². The van der Waals surface area contributed by atoms with Gasteiger partial charge in [0.25, 0.3) is 0 Å². The van der Waals surface area contributed by atoms with Crippen molar-refractivity contribution in [1.82, 2.24) is 5.32 Å². The number of carbonyl (C=O) groups excluding carboxylic acids is 1. The Bertz CT molecular complexity index is 331. The van der Waals surface area contributed by atoms with Crippen LogP contribution in [0.15, 0.2) is 0 Å². The number of aliphatic hydroxyl groups excluding tert-OH is 1. The van der Waals surface area contributed by atoms with Crippen LogP contribution < -0.4 is 5.32 Å². The largest absolute Gasteiger partial charge is 0.481 e. The van der Waals surface area contributed by atoms with Gasteiger partial charge in [0, 0.05) is 12.1 Å². The summed E-state index contributed by atoms with van der Waals surface area (Å²) < 4.78 is 0. The van der Waals surface area contributed by atoms with Crippen LogP contribution >= 0.6 is 0 Å². The molecule has 1 aliphatic rings. The van der Waals surface area contributed by atoms with E-state index in [0.29, 0.717) is 25.7 Å². The van der Waals surface area contributed by atoms with E-state index < -0.39 is 23.3 Å². The topological polar surface area (TPSA) is 86.6 Å². The van der Waals surface area contributed by atoms with Crippen LogP contribution in [0, 0.1) is 11.8 Å². The van der Waals surface area contributed by atoms with Gasteiger partial charge < -0.3 is 15.5 Å². The first-order valence-corrected chi connectivity index (χ1v) is 7.09. The molecular weight excluding hydrogens is 246 g/mol. The third-order valence-corrected chi connectivity index (χ3v) is 4.29. The first-order valence-electron chi connectivity index (χ1n) is 7.09. The summed E-state index contributed by atoms with van der Waals surface area (Å²) in [5.41, 5.74) is -0.452. The predicted molar refractivity (Wildman–Crippen MR) is 71.6 cm³/mol. The summed E-state index contributed by atoms with van der Waals surface area (Å²) >= 11 is 0. The Labute approximate surface area is 114 Å². The van der Waals surface area contributed by atoms with Crippen LogP contribution in [-0.4, -0.2) is 34.2 Å². The number of carbonyl (C=O) groups is 2. The molecule has 0 spiro atoms. The molecule has 1 amide bonds. The lowest BCUT2D eigenvalue weighted by atomic mass is 9.78. The van der Waals surface area contributed by atoms with E-state index in [4.69, 9.17) is 5.11 Å². The van der Waals surface area contributed by atoms with Crippen molar-refractivity contribution in [2.45, 2.75) is 57.9 Å². The van der Waals surface area contributed by atoms with Crippen molar-refractivity contribution in [3.8, 4) is 0 Å². The highest BCUT2D eigenvalue weighted by molar-refractivity contribution is 5.85. The van der Waals surface area contributed by atoms with E-state index in [1.807, 2.05) is 13.8 Å². The molecule has 110 valence electrons. The van der Waals surface area contributed by atoms with E-state index in [1.165, 1.54) is 0 Å². The summed E-state index contributed by atoms with van der Waals surface area (Å²) in [7, 11) is 0. The Hall–Kier alpha value is -1.10. The Morgan fingerprint density at radius 2 is 1.84 bits per heavy atom. The fourth-order valence-corrected chi connectivity index (χ4v) is 2.70. The lowest BCUT2D eigenvalue weighted by Gasteiger charge is -2.34. The molecule has 1 saturated carbocycles. The number of nitrogens with one attached hydrogen (secondary N) is 1. The highest BCUT2D eigenvalue weighted by Crippen LogP contribution is 2.31. The molecule has 1 rings (SSSR count). The van der Waals surface area contributed by atoms with Crippen LogP contribution in [0.1, 0.15) is 52.4 Å². The average Bonchev–Trinajstić information content (AvgIpc) is 2.38. The molecule has 0 radical (unpaired) electrons. The summed E-state index contributed by atoms with van der Waals surface area (Å²) in [6.45, 7) is 3.85. The Morgan fingerprint density at radius 1 is 1.26 bits per heavy atom. The number of hydrogen-bond donors (Lipinski definition) is 3. The number of rotatable bonds is 6. The van der Waals surface area contributed by atoms with E-state index in [-0.39, 0.29) is 12.5 Å². The Morgan fingerprint density at radius 3 is 2.32 bits per heavy atom. The van der Waals surface area contributed by atoms with Crippen molar-refractivity contribution in [1.29, 1.82) is 0 Å². The first kappa shape index (κ1) is 16.0. The number of hydrogen-bond acceptors (Lipinski definition) is 3. The smallest absolute Gasteiger partial charge is 0.307 e. The molecule has 0 aromatic heterocycles. The second-order valence-electron chi connectivity index (χ2n) is 5.71. The van der Waals surface area contributed by atoms with Gasteiger partial charge in [-0.2, -0.15) is 0 Å². The minimum atomic E-state index is -0.875. The first-order chi connectivity index (χ1) is 8.93. The van der Waals surface area contributed by atoms with Gasteiger partial charge in [-0.3, -0.25) is 9.59 Å². The molecule has 3 unspecified atom stereocenters. The number of aliphatic hydroxyl groups is 1. The molecule has 3 N–H and O–H groups in total. The summed E-state index contributed by atoms with van der Waals surface area (Å²) in [5, 5.41) is 21.2. The van der Waals surface area contributed by atoms with Gasteiger partial charge in [0.15, 0.2) is 0 Å². The summed E-state index contributed by atoms with van der Waals surface area (Å²) in [4.78, 5) is 23.5. The molecule has 0 heterocycles. The van der Waals surface area contributed by atoms with E-state index in [2.05, 4.69) is 5.32 Å². The molecule has 1 aliphatic carbocycles. The van der Waals surface area contributed by atoms with Crippen LogP contribution in [-0.2, 0) is 9.59 Å². The molecule has 19 heavy (non-hydrogen) atoms. The zero-order valence-electron chi connectivity index (χ0n) is 11.8. The van der Waals surface area contributed by atoms with Gasteiger partial charge in [0.05, 0.1) is 11.8 Å². The van der Waals surface area contributed by atoms with E-state index in [1.54, 1.807) is 0 Å². The van der Waals surface area contributed by atoms with Gasteiger partial charge in [0.2, 0.25) is 5.91 Å². The van der Waals surface area contributed by atoms with Crippen LogP contribution in [0.25, 0.3) is 0 Å². The summed E-state index contributed by atoms with van der Waals surface area (Å²) in [6.07, 6.45) is 4.20. The predicted octanol–water partition coefficient (Wildman–Crippen LogP) is 1.54. The van der Waals surface area contributed by atoms with Crippen LogP contribution in [0.2, 0.25) is 0 Å². The maximum Gasteiger partial charge on any atom is 0.307 e. The lowest BCUT2D eigenvalue weighted by molar-refractivity contribution is -0.149. The monoisotopic (exact) mass is 271 g/mol. The third-order valence-electron chi connectivity index (χ3n) is 4.29. The van der Waals surface area contributed by atoms with Crippen LogP contribution in [0.4, 0.5) is 0 Å². The van der Waals surface area contributed by atoms with Crippen molar-refractivity contribution in [2.24, 2.45) is 11.8 Å². The van der Waals surface area contributed by atoms with Gasteiger partial charge >= 0.3 is 5.97 Å². The normalized spacial score (nSPS) is 26.5. The molecule has 5 heteroatoms. The lowest BCUT2D eigenvalue weighted by Crippen LogP contribution is -2.50. The second kappa shape index (κ2) is 6.89. The van der Waals surface area contributed by atoms with Crippen molar-refractivity contribution in [3.63, 3.8) is 0 Å². The molecule has 0 aromatic carbocycles. The molecule has 0 bridgehead atoms. The van der Waals surface area contributed by atoms with Gasteiger partial charge in [-0.15, -0.1) is 0 Å². The maximum atomic E-state index is 12.3. The molecule has 3 atom stereocenters. The van der Waals surface area contributed by atoms with Crippen LogP contribution in [0.5, 0.6) is 0 Å². The van der Waals surface area contributed by atoms with Gasteiger partial charge in [0.1, 0.15) is 0 Å². The van der Waals surface area contributed by atoms with E-state index in [0.717, 1.165) is 12.8 Å². The molecule has 5 nitrogen and oxygen atoms in total. The number of carboxylic acids is 1. The van der Waals surface area contributed by atoms with Gasteiger partial charge in [-0.05, 0) is 32.6 Å². The van der Waals surface area contributed by atoms with Crippen molar-refractivity contribution < 1.29 is 19.8 Å². The number of carboxylic acid groups (broad SMARTS) is 1. The zero-order chi connectivity index (χ0) is 14.5. The molecule has 0 aliphatic heterocycles. The standard InChI is InChI=1S/C14H25NO4/c1-3-14(2,8-9-16)15-12(17)10-6-4-5-7-11(10)13(18)19/h10-11,16H,3-9H2,1-2H3,(H,15,17)(H,18,19). The Kier molecular flexibility index (Phi) is 5.79. The van der Waals surface area contributed by atoms with Crippen molar-refractivity contribution in [3.05, 3.63) is 0 Å².